The topological polar surface area (TPSA) is 97.5 Å². The van der Waals surface area contributed by atoms with Gasteiger partial charge in [-0.15, -0.1) is 11.3 Å². The summed E-state index contributed by atoms with van der Waals surface area (Å²) in [4.78, 5) is 25.0. The van der Waals surface area contributed by atoms with E-state index >= 15 is 0 Å². The van der Waals surface area contributed by atoms with Gasteiger partial charge in [0.25, 0.3) is 11.7 Å². The zero-order chi connectivity index (χ0) is 20.9. The lowest BCUT2D eigenvalue weighted by atomic mass is 9.92. The van der Waals surface area contributed by atoms with E-state index in [9.17, 15) is 13.2 Å². The number of nitrogens with zero attached hydrogens (tertiary/aromatic N) is 5. The molecule has 3 aromatic heterocycles. The third kappa shape index (κ3) is 3.31. The Morgan fingerprint density at radius 1 is 1.20 bits per heavy atom. The van der Waals surface area contributed by atoms with Gasteiger partial charge in [-0.05, 0) is 44.1 Å². The van der Waals surface area contributed by atoms with E-state index in [4.69, 9.17) is 0 Å². The maximum absolute atomic E-state index is 13.4. The molecule has 1 atom stereocenters. The van der Waals surface area contributed by atoms with Gasteiger partial charge in [0.1, 0.15) is 11.2 Å². The number of rotatable bonds is 3. The Hall–Kier alpha value is -2.33. The van der Waals surface area contributed by atoms with Crippen LogP contribution in [-0.4, -0.2) is 58.2 Å². The Morgan fingerprint density at radius 2 is 2.03 bits per heavy atom. The highest BCUT2D eigenvalue weighted by molar-refractivity contribution is 7.90. The van der Waals surface area contributed by atoms with E-state index < -0.39 is 9.84 Å². The molecule has 5 rings (SSSR count). The Labute approximate surface area is 178 Å². The van der Waals surface area contributed by atoms with E-state index in [1.165, 1.54) is 40.2 Å². The van der Waals surface area contributed by atoms with Gasteiger partial charge >= 0.3 is 0 Å². The molecule has 0 aromatic carbocycles. The number of carbonyl (C=O) groups is 1. The van der Waals surface area contributed by atoms with Crippen LogP contribution in [0.4, 0.5) is 0 Å². The predicted molar refractivity (Wildman–Crippen MR) is 113 cm³/mol. The molecule has 0 radical (unpaired) electrons. The molecule has 30 heavy (non-hydrogen) atoms. The van der Waals surface area contributed by atoms with Gasteiger partial charge in [-0.25, -0.2) is 13.4 Å². The quantitative estimate of drug-likeness (QED) is 0.614. The van der Waals surface area contributed by atoms with Crippen LogP contribution >= 0.6 is 11.3 Å². The van der Waals surface area contributed by atoms with E-state index in [1.54, 1.807) is 11.3 Å². The van der Waals surface area contributed by atoms with Gasteiger partial charge in [-0.2, -0.15) is 14.6 Å². The van der Waals surface area contributed by atoms with E-state index in [1.807, 2.05) is 10.3 Å². The zero-order valence-corrected chi connectivity index (χ0v) is 18.4. The highest BCUT2D eigenvalue weighted by atomic mass is 32.2. The van der Waals surface area contributed by atoms with Gasteiger partial charge < -0.3 is 4.90 Å². The molecule has 1 amide bonds. The van der Waals surface area contributed by atoms with Crippen molar-refractivity contribution in [1.82, 2.24) is 24.5 Å². The van der Waals surface area contributed by atoms with Crippen molar-refractivity contribution in [3.8, 4) is 0 Å². The summed E-state index contributed by atoms with van der Waals surface area (Å²) in [6.07, 6.45) is 9.88. The van der Waals surface area contributed by atoms with E-state index in [0.29, 0.717) is 24.6 Å². The average molecular weight is 446 g/mol. The van der Waals surface area contributed by atoms with Gasteiger partial charge in [-0.3, -0.25) is 4.79 Å². The van der Waals surface area contributed by atoms with Gasteiger partial charge in [0.05, 0.1) is 17.5 Å². The third-order valence-corrected chi connectivity index (χ3v) is 8.30. The highest BCUT2D eigenvalue weighted by Crippen LogP contribution is 2.34. The van der Waals surface area contributed by atoms with Gasteiger partial charge in [0.2, 0.25) is 0 Å². The maximum Gasteiger partial charge on any atom is 0.255 e. The summed E-state index contributed by atoms with van der Waals surface area (Å²) in [5.41, 5.74) is 2.63. The summed E-state index contributed by atoms with van der Waals surface area (Å²) < 4.78 is 26.4. The number of piperidine rings is 1. The standard InChI is InChI=1S/C20H23N5O3S2/c1-30(27,28)17-9-21-20-22-12-23-25(20)18(17)13-5-4-8-24(10-13)19(26)15-11-29-16-7-3-2-6-14(15)16/h9,11-13H,2-8,10H2,1H3/t13-/m0/s1. The molecule has 1 aliphatic heterocycles. The van der Waals surface area contributed by atoms with Crippen molar-refractivity contribution in [2.45, 2.75) is 49.3 Å². The van der Waals surface area contributed by atoms with Gasteiger partial charge in [0, 0.05) is 35.5 Å². The number of aromatic nitrogens is 4. The Balaban J connectivity index is 1.50. The minimum atomic E-state index is -3.50. The molecule has 1 saturated heterocycles. The third-order valence-electron chi connectivity index (χ3n) is 6.09. The summed E-state index contributed by atoms with van der Waals surface area (Å²) in [5.74, 6) is 0.283. The number of likely N-dealkylation sites (tertiary alicyclic amines) is 1. The summed E-state index contributed by atoms with van der Waals surface area (Å²) in [7, 11) is -3.50. The highest BCUT2D eigenvalue weighted by Gasteiger charge is 2.33. The van der Waals surface area contributed by atoms with Crippen LogP contribution < -0.4 is 0 Å². The molecule has 1 fully saturated rings. The Kier molecular flexibility index (Phi) is 4.85. The second-order valence-electron chi connectivity index (χ2n) is 8.10. The number of aryl methyl sites for hydroxylation is 1. The molecule has 1 aliphatic carbocycles. The number of fused-ring (bicyclic) bond motifs is 2. The monoisotopic (exact) mass is 445 g/mol. The predicted octanol–water partition coefficient (Wildman–Crippen LogP) is 2.49. The molecular weight excluding hydrogens is 422 g/mol. The molecular formula is C20H23N5O3S2. The number of hydrogen-bond acceptors (Lipinski definition) is 7. The molecule has 158 valence electrons. The van der Waals surface area contributed by atoms with Crippen molar-refractivity contribution in [2.75, 3.05) is 19.3 Å². The van der Waals surface area contributed by atoms with E-state index in [2.05, 4.69) is 15.1 Å². The number of thiophene rings is 1. The van der Waals surface area contributed by atoms with Crippen LogP contribution in [0.15, 0.2) is 22.8 Å². The fourth-order valence-electron chi connectivity index (χ4n) is 4.67. The molecule has 0 N–H and O–H groups in total. The normalized spacial score (nSPS) is 19.8. The van der Waals surface area contributed by atoms with Crippen LogP contribution in [0, 0.1) is 0 Å². The van der Waals surface area contributed by atoms with Gasteiger partial charge in [-0.1, -0.05) is 0 Å². The number of hydrogen-bond donors (Lipinski definition) is 0. The lowest BCUT2D eigenvalue weighted by Crippen LogP contribution is -2.40. The lowest BCUT2D eigenvalue weighted by molar-refractivity contribution is 0.0703. The largest absolute Gasteiger partial charge is 0.338 e. The molecule has 0 unspecified atom stereocenters. The van der Waals surface area contributed by atoms with Crippen LogP contribution in [0.5, 0.6) is 0 Å². The summed E-state index contributed by atoms with van der Waals surface area (Å²) in [6.45, 7) is 1.14. The van der Waals surface area contributed by atoms with Crippen molar-refractivity contribution in [3.63, 3.8) is 0 Å². The first-order valence-electron chi connectivity index (χ1n) is 10.2. The molecule has 10 heteroatoms. The van der Waals surface area contributed by atoms with Crippen molar-refractivity contribution in [1.29, 1.82) is 0 Å². The first-order valence-corrected chi connectivity index (χ1v) is 13.0. The maximum atomic E-state index is 13.4. The minimum Gasteiger partial charge on any atom is -0.338 e. The van der Waals surface area contributed by atoms with Crippen molar-refractivity contribution >= 4 is 32.9 Å². The summed E-state index contributed by atoms with van der Waals surface area (Å²) >= 11 is 1.69. The zero-order valence-electron chi connectivity index (χ0n) is 16.7. The van der Waals surface area contributed by atoms with Crippen LogP contribution in [0.2, 0.25) is 0 Å². The summed E-state index contributed by atoms with van der Waals surface area (Å²) in [6, 6.07) is 0. The minimum absolute atomic E-state index is 0.0592. The van der Waals surface area contributed by atoms with Crippen LogP contribution in [0.25, 0.3) is 5.78 Å². The lowest BCUT2D eigenvalue weighted by Gasteiger charge is -2.33. The van der Waals surface area contributed by atoms with Crippen molar-refractivity contribution in [2.24, 2.45) is 0 Å². The molecule has 0 saturated carbocycles. The SMILES string of the molecule is CS(=O)(=O)c1cnc2ncnn2c1[C@H]1CCCN(C(=O)c2csc3c2CCCC3)C1. The van der Waals surface area contributed by atoms with Crippen molar-refractivity contribution in [3.05, 3.63) is 39.6 Å². The Morgan fingerprint density at radius 3 is 2.87 bits per heavy atom. The van der Waals surface area contributed by atoms with E-state index in [-0.39, 0.29) is 16.7 Å². The van der Waals surface area contributed by atoms with Crippen LogP contribution in [-0.2, 0) is 22.7 Å². The van der Waals surface area contributed by atoms with Crippen molar-refractivity contribution < 1.29 is 13.2 Å². The van der Waals surface area contributed by atoms with Crippen LogP contribution in [0.1, 0.15) is 58.1 Å². The molecule has 2 aliphatic rings. The molecule has 0 spiro atoms. The second-order valence-corrected chi connectivity index (χ2v) is 11.0. The fourth-order valence-corrected chi connectivity index (χ4v) is 6.67. The average Bonchev–Trinajstić information content (AvgIpc) is 3.39. The first kappa shape index (κ1) is 19.6. The molecule has 3 aromatic rings. The number of carbonyl (C=O) groups excluding carboxylic acids is 1. The first-order chi connectivity index (χ1) is 14.4. The molecule has 0 bridgehead atoms. The molecule has 8 nitrogen and oxygen atoms in total. The smallest absolute Gasteiger partial charge is 0.255 e. The van der Waals surface area contributed by atoms with E-state index in [0.717, 1.165) is 37.7 Å². The number of sulfone groups is 1. The second kappa shape index (κ2) is 7.42. The van der Waals surface area contributed by atoms with Gasteiger partial charge in [0.15, 0.2) is 9.84 Å². The molecule has 4 heterocycles. The summed E-state index contributed by atoms with van der Waals surface area (Å²) in [5, 5.41) is 6.23. The number of amides is 1. The Bertz CT molecular complexity index is 1230. The van der Waals surface area contributed by atoms with Crippen LogP contribution in [0.3, 0.4) is 0 Å². The fraction of sp³-hybridized carbons (Fsp3) is 0.500.